The molecule has 1 aliphatic carbocycles. The van der Waals surface area contributed by atoms with Crippen molar-refractivity contribution in [3.05, 3.63) is 270 Å². The fourth-order valence-electron chi connectivity index (χ4n) is 11.0. The summed E-state index contributed by atoms with van der Waals surface area (Å²) in [5.41, 5.74) is 19.7. The number of nitrogens with zero attached hydrogens (tertiary/aromatic N) is 3. The highest BCUT2D eigenvalue weighted by Crippen LogP contribution is 2.64. The molecule has 0 saturated heterocycles. The molecule has 312 valence electrons. The van der Waals surface area contributed by atoms with Gasteiger partial charge in [-0.1, -0.05) is 152 Å². The van der Waals surface area contributed by atoms with Gasteiger partial charge in [0.15, 0.2) is 5.58 Å². The Bertz CT molecular complexity index is 3540. The van der Waals surface area contributed by atoms with Crippen molar-refractivity contribution in [3.8, 4) is 11.1 Å². The van der Waals surface area contributed by atoms with E-state index in [1.165, 1.54) is 44.6 Å². The largest absolute Gasteiger partial charge is 0.454 e. The van der Waals surface area contributed by atoms with E-state index in [-0.39, 0.29) is 0 Å². The summed E-state index contributed by atoms with van der Waals surface area (Å²) in [6, 6.07) is 87.8. The second-order valence-electron chi connectivity index (χ2n) is 17.3. The molecule has 0 amide bonds. The zero-order chi connectivity index (χ0) is 43.8. The Morgan fingerprint density at radius 2 is 0.894 bits per heavy atom. The van der Waals surface area contributed by atoms with Gasteiger partial charge in [0.2, 0.25) is 0 Å². The van der Waals surface area contributed by atoms with Gasteiger partial charge in [0.1, 0.15) is 5.58 Å². The molecule has 0 unspecified atom stereocenters. The van der Waals surface area contributed by atoms with Crippen LogP contribution in [0.3, 0.4) is 0 Å². The van der Waals surface area contributed by atoms with Gasteiger partial charge in [0.25, 0.3) is 0 Å². The second kappa shape index (κ2) is 15.0. The molecule has 4 heteroatoms. The first-order chi connectivity index (χ1) is 32.7. The lowest BCUT2D eigenvalue weighted by atomic mass is 9.64. The molecule has 10 aromatic carbocycles. The van der Waals surface area contributed by atoms with Crippen molar-refractivity contribution in [3.63, 3.8) is 0 Å². The topological polar surface area (TPSA) is 22.9 Å². The molecular formula is C62H43N3O. The molecule has 0 saturated carbocycles. The van der Waals surface area contributed by atoms with E-state index in [4.69, 9.17) is 4.42 Å². The minimum atomic E-state index is -0.531. The van der Waals surface area contributed by atoms with Gasteiger partial charge in [-0.3, -0.25) is 0 Å². The molecule has 2 aliphatic rings. The van der Waals surface area contributed by atoms with Crippen molar-refractivity contribution in [2.75, 3.05) is 14.7 Å². The lowest BCUT2D eigenvalue weighted by Gasteiger charge is -2.45. The average molecular weight is 846 g/mol. The molecule has 0 N–H and O–H groups in total. The van der Waals surface area contributed by atoms with E-state index in [1.54, 1.807) is 0 Å². The summed E-state index contributed by atoms with van der Waals surface area (Å²) in [7, 11) is 0. The number of hydrogen-bond donors (Lipinski definition) is 0. The van der Waals surface area contributed by atoms with Crippen LogP contribution in [-0.2, 0) is 5.41 Å². The molecule has 0 radical (unpaired) electrons. The number of hydrogen-bond acceptors (Lipinski definition) is 4. The number of rotatable bonds is 7. The molecular weight excluding hydrogens is 803 g/mol. The van der Waals surface area contributed by atoms with Gasteiger partial charge >= 0.3 is 0 Å². The van der Waals surface area contributed by atoms with Crippen molar-refractivity contribution in [1.29, 1.82) is 0 Å². The van der Waals surface area contributed by atoms with Crippen LogP contribution < -0.4 is 14.7 Å². The Labute approximate surface area is 384 Å². The highest BCUT2D eigenvalue weighted by Gasteiger charge is 2.51. The predicted molar refractivity (Wildman–Crippen MR) is 273 cm³/mol. The minimum absolute atomic E-state index is 0.531. The summed E-state index contributed by atoms with van der Waals surface area (Å²) < 4.78 is 7.11. The van der Waals surface area contributed by atoms with Gasteiger partial charge in [0, 0.05) is 51.0 Å². The Hall–Kier alpha value is -8.60. The lowest BCUT2D eigenvalue weighted by Crippen LogP contribution is -2.36. The summed E-state index contributed by atoms with van der Waals surface area (Å²) in [4.78, 5) is 7.12. The maximum absolute atomic E-state index is 7.11. The zero-order valence-corrected chi connectivity index (χ0v) is 36.3. The number of anilines is 9. The standard InChI is InChI=1S/C62H43N3O/c1-42-34-39-57(64(44-22-8-3-9-23-44)45-24-10-4-11-25-45)61-60(42)51-37-35-48(41-59(51)66-61)63(43-20-6-2-7-21-43)47-36-38-55-58(40-47)65(46-26-12-5-13-27-46)56-33-19-18-32-54(56)62(55)52-30-16-14-28-49(52)50-29-15-17-31-53(50)62/h2-41H,1H3. The van der Waals surface area contributed by atoms with Crippen LogP contribution >= 0.6 is 0 Å². The molecule has 0 atom stereocenters. The van der Waals surface area contributed by atoms with Crippen LogP contribution in [-0.4, -0.2) is 0 Å². The molecule has 66 heavy (non-hydrogen) atoms. The van der Waals surface area contributed by atoms with Crippen molar-refractivity contribution in [1.82, 2.24) is 0 Å². The molecule has 1 aliphatic heterocycles. The summed E-state index contributed by atoms with van der Waals surface area (Å²) >= 11 is 0. The SMILES string of the molecule is Cc1ccc(N(c2ccccc2)c2ccccc2)c2oc3cc(N(c4ccccc4)c4ccc5c(c4)N(c4ccccc4)c4ccccc4C54c5ccccc5-c5ccccc54)ccc3c12. The fraction of sp³-hybridized carbons (Fsp3) is 0.0323. The van der Waals surface area contributed by atoms with Gasteiger partial charge in [-0.15, -0.1) is 0 Å². The smallest absolute Gasteiger partial charge is 0.159 e. The van der Waals surface area contributed by atoms with Gasteiger partial charge < -0.3 is 19.1 Å². The Balaban J connectivity index is 1.04. The van der Waals surface area contributed by atoms with Gasteiger partial charge in [-0.05, 0) is 131 Å². The van der Waals surface area contributed by atoms with E-state index in [0.717, 1.165) is 67.4 Å². The molecule has 13 rings (SSSR count). The third-order valence-corrected chi connectivity index (χ3v) is 13.7. The van der Waals surface area contributed by atoms with E-state index in [1.807, 2.05) is 0 Å². The summed E-state index contributed by atoms with van der Waals surface area (Å²) in [6.45, 7) is 2.18. The van der Waals surface area contributed by atoms with Crippen LogP contribution in [0.4, 0.5) is 51.2 Å². The molecule has 11 aromatic rings. The number of aryl methyl sites for hydroxylation is 1. The van der Waals surface area contributed by atoms with E-state index in [9.17, 15) is 0 Å². The van der Waals surface area contributed by atoms with Gasteiger partial charge in [-0.25, -0.2) is 0 Å². The number of fused-ring (bicyclic) bond motifs is 12. The number of para-hydroxylation sites is 5. The first-order valence-corrected chi connectivity index (χ1v) is 22.7. The maximum atomic E-state index is 7.11. The number of benzene rings is 10. The van der Waals surface area contributed by atoms with Crippen LogP contribution in [0.5, 0.6) is 0 Å². The van der Waals surface area contributed by atoms with Crippen molar-refractivity contribution in [2.24, 2.45) is 0 Å². The molecule has 0 fully saturated rings. The first-order valence-electron chi connectivity index (χ1n) is 22.7. The molecule has 1 aromatic heterocycles. The molecule has 0 bridgehead atoms. The quantitative estimate of drug-likeness (QED) is 0.159. The average Bonchev–Trinajstić information content (AvgIpc) is 3.91. The third kappa shape index (κ3) is 5.58. The Morgan fingerprint density at radius 3 is 1.53 bits per heavy atom. The third-order valence-electron chi connectivity index (χ3n) is 13.7. The Kier molecular flexibility index (Phi) is 8.62. The minimum Gasteiger partial charge on any atom is -0.454 e. The lowest BCUT2D eigenvalue weighted by molar-refractivity contribution is 0.669. The molecule has 2 heterocycles. The van der Waals surface area contributed by atoms with Gasteiger partial charge in [-0.2, -0.15) is 0 Å². The van der Waals surface area contributed by atoms with E-state index in [0.29, 0.717) is 0 Å². The summed E-state index contributed by atoms with van der Waals surface area (Å²) in [6.07, 6.45) is 0. The monoisotopic (exact) mass is 845 g/mol. The number of furan rings is 1. The van der Waals surface area contributed by atoms with Crippen LogP contribution in [0.1, 0.15) is 27.8 Å². The normalized spacial score (nSPS) is 13.0. The summed E-state index contributed by atoms with van der Waals surface area (Å²) in [5.74, 6) is 0. The second-order valence-corrected chi connectivity index (χ2v) is 17.3. The molecule has 1 spiro atoms. The highest BCUT2D eigenvalue weighted by atomic mass is 16.3. The van der Waals surface area contributed by atoms with Crippen LogP contribution in [0.2, 0.25) is 0 Å². The van der Waals surface area contributed by atoms with E-state index < -0.39 is 5.41 Å². The van der Waals surface area contributed by atoms with Crippen molar-refractivity contribution >= 4 is 73.1 Å². The Morgan fingerprint density at radius 1 is 0.394 bits per heavy atom. The zero-order valence-electron chi connectivity index (χ0n) is 36.3. The van der Waals surface area contributed by atoms with Crippen LogP contribution in [0.15, 0.2) is 247 Å². The van der Waals surface area contributed by atoms with Crippen LogP contribution in [0, 0.1) is 6.92 Å². The maximum Gasteiger partial charge on any atom is 0.159 e. The van der Waals surface area contributed by atoms with Gasteiger partial charge in [0.05, 0.1) is 22.5 Å². The molecule has 4 nitrogen and oxygen atoms in total. The van der Waals surface area contributed by atoms with E-state index in [2.05, 4.69) is 264 Å². The summed E-state index contributed by atoms with van der Waals surface area (Å²) in [5, 5.41) is 2.20. The van der Waals surface area contributed by atoms with Crippen LogP contribution in [0.25, 0.3) is 33.1 Å². The van der Waals surface area contributed by atoms with E-state index >= 15 is 0 Å². The predicted octanol–water partition coefficient (Wildman–Crippen LogP) is 17.0. The van der Waals surface area contributed by atoms with Crippen molar-refractivity contribution < 1.29 is 4.42 Å². The fourth-order valence-corrected chi connectivity index (χ4v) is 11.0. The first kappa shape index (κ1) is 37.9. The highest BCUT2D eigenvalue weighted by molar-refractivity contribution is 6.13. The van der Waals surface area contributed by atoms with Crippen molar-refractivity contribution in [2.45, 2.75) is 12.3 Å².